The number of aromatic nitrogens is 2. The molecule has 0 radical (unpaired) electrons. The third kappa shape index (κ3) is 2.48. The summed E-state index contributed by atoms with van der Waals surface area (Å²) in [5.74, 6) is 0.450. The van der Waals surface area contributed by atoms with Crippen LogP contribution in [0.3, 0.4) is 0 Å². The summed E-state index contributed by atoms with van der Waals surface area (Å²) in [4.78, 5) is 19.8. The quantitative estimate of drug-likeness (QED) is 0.582. The number of aliphatic hydroxyl groups is 1. The molecule has 1 fully saturated rings. The van der Waals surface area contributed by atoms with Crippen LogP contribution in [0.15, 0.2) is 6.20 Å². The van der Waals surface area contributed by atoms with Crippen LogP contribution in [0.1, 0.15) is 12.8 Å². The van der Waals surface area contributed by atoms with Crippen molar-refractivity contribution in [3.8, 4) is 0 Å². The van der Waals surface area contributed by atoms with Gasteiger partial charge in [-0.1, -0.05) is 0 Å². The lowest BCUT2D eigenvalue weighted by Gasteiger charge is -2.31. The van der Waals surface area contributed by atoms with Gasteiger partial charge >= 0.3 is 5.69 Å². The fourth-order valence-corrected chi connectivity index (χ4v) is 2.07. The van der Waals surface area contributed by atoms with Crippen molar-refractivity contribution in [1.82, 2.24) is 9.97 Å². The van der Waals surface area contributed by atoms with Crippen molar-refractivity contribution < 1.29 is 10.0 Å². The van der Waals surface area contributed by atoms with Crippen molar-refractivity contribution in [3.05, 3.63) is 16.3 Å². The molecule has 0 aliphatic carbocycles. The molecule has 3 N–H and O–H groups in total. The SMILES string of the molecule is Nc1nc(N2CCCC(CO)C2)ncc1[N+](=O)[O-]. The molecule has 18 heavy (non-hydrogen) atoms. The van der Waals surface area contributed by atoms with Crippen LogP contribution in [-0.2, 0) is 0 Å². The van der Waals surface area contributed by atoms with E-state index < -0.39 is 4.92 Å². The molecule has 1 aromatic rings. The highest BCUT2D eigenvalue weighted by Gasteiger charge is 2.23. The number of hydrogen-bond donors (Lipinski definition) is 2. The molecule has 0 spiro atoms. The molecule has 1 atom stereocenters. The molecule has 1 aliphatic rings. The zero-order valence-electron chi connectivity index (χ0n) is 9.82. The number of hydrogen-bond acceptors (Lipinski definition) is 7. The first-order valence-corrected chi connectivity index (χ1v) is 5.74. The largest absolute Gasteiger partial charge is 0.396 e. The third-order valence-electron chi connectivity index (χ3n) is 3.04. The summed E-state index contributed by atoms with van der Waals surface area (Å²) in [6.07, 6.45) is 3.03. The Kier molecular flexibility index (Phi) is 3.56. The minimum absolute atomic E-state index is 0.124. The zero-order valence-corrected chi connectivity index (χ0v) is 9.82. The van der Waals surface area contributed by atoms with E-state index in [-0.39, 0.29) is 24.0 Å². The van der Waals surface area contributed by atoms with Gasteiger partial charge < -0.3 is 15.7 Å². The fraction of sp³-hybridized carbons (Fsp3) is 0.600. The Balaban J connectivity index is 2.18. The van der Waals surface area contributed by atoms with Crippen molar-refractivity contribution in [3.63, 3.8) is 0 Å². The van der Waals surface area contributed by atoms with E-state index in [2.05, 4.69) is 9.97 Å². The summed E-state index contributed by atoms with van der Waals surface area (Å²) < 4.78 is 0. The number of aliphatic hydroxyl groups excluding tert-OH is 1. The molecule has 0 aromatic carbocycles. The molecule has 0 saturated carbocycles. The van der Waals surface area contributed by atoms with Gasteiger partial charge in [-0.3, -0.25) is 10.1 Å². The number of nitrogens with zero attached hydrogens (tertiary/aromatic N) is 4. The van der Waals surface area contributed by atoms with Gasteiger partial charge in [-0.25, -0.2) is 4.98 Å². The van der Waals surface area contributed by atoms with Crippen LogP contribution >= 0.6 is 0 Å². The van der Waals surface area contributed by atoms with E-state index in [0.717, 1.165) is 25.6 Å². The second-order valence-electron chi connectivity index (χ2n) is 4.33. The number of nitrogens with two attached hydrogens (primary N) is 1. The lowest BCUT2D eigenvalue weighted by Crippen LogP contribution is -2.37. The van der Waals surface area contributed by atoms with Crippen LogP contribution in [0.5, 0.6) is 0 Å². The van der Waals surface area contributed by atoms with Gasteiger partial charge in [0, 0.05) is 19.7 Å². The first-order valence-electron chi connectivity index (χ1n) is 5.74. The van der Waals surface area contributed by atoms with Crippen molar-refractivity contribution >= 4 is 17.5 Å². The van der Waals surface area contributed by atoms with E-state index in [0.29, 0.717) is 12.5 Å². The minimum Gasteiger partial charge on any atom is -0.396 e. The molecular weight excluding hydrogens is 238 g/mol. The number of piperidine rings is 1. The van der Waals surface area contributed by atoms with Crippen molar-refractivity contribution in [2.45, 2.75) is 12.8 Å². The average Bonchev–Trinajstić information content (AvgIpc) is 2.38. The van der Waals surface area contributed by atoms with E-state index in [1.54, 1.807) is 0 Å². The van der Waals surface area contributed by atoms with Crippen LogP contribution in [0.2, 0.25) is 0 Å². The summed E-state index contributed by atoms with van der Waals surface area (Å²) >= 11 is 0. The Bertz CT molecular complexity index is 453. The average molecular weight is 253 g/mol. The molecule has 0 amide bonds. The van der Waals surface area contributed by atoms with E-state index in [1.165, 1.54) is 0 Å². The summed E-state index contributed by atoms with van der Waals surface area (Å²) in [7, 11) is 0. The van der Waals surface area contributed by atoms with Crippen molar-refractivity contribution in [2.24, 2.45) is 5.92 Å². The Morgan fingerprint density at radius 1 is 1.67 bits per heavy atom. The number of anilines is 2. The van der Waals surface area contributed by atoms with Crippen LogP contribution in [0.25, 0.3) is 0 Å². The Hall–Kier alpha value is -1.96. The standard InChI is InChI=1S/C10H15N5O3/c11-9-8(15(17)18)4-12-10(13-9)14-3-1-2-7(5-14)6-16/h4,7,16H,1-3,5-6H2,(H2,11,12,13). The Morgan fingerprint density at radius 2 is 2.44 bits per heavy atom. The van der Waals surface area contributed by atoms with Crippen molar-refractivity contribution in [2.75, 3.05) is 30.3 Å². The molecule has 1 aliphatic heterocycles. The summed E-state index contributed by atoms with van der Waals surface area (Å²) in [6.45, 7) is 1.54. The van der Waals surface area contributed by atoms with Gasteiger partial charge in [-0.05, 0) is 18.8 Å². The van der Waals surface area contributed by atoms with Gasteiger partial charge in [-0.15, -0.1) is 0 Å². The molecule has 1 unspecified atom stereocenters. The zero-order chi connectivity index (χ0) is 13.1. The lowest BCUT2D eigenvalue weighted by molar-refractivity contribution is -0.384. The lowest BCUT2D eigenvalue weighted by atomic mass is 9.99. The Morgan fingerprint density at radius 3 is 3.06 bits per heavy atom. The summed E-state index contributed by atoms with van der Waals surface area (Å²) in [6, 6.07) is 0. The molecule has 0 bridgehead atoms. The van der Waals surface area contributed by atoms with Gasteiger partial charge in [-0.2, -0.15) is 4.98 Å². The molecule has 98 valence electrons. The summed E-state index contributed by atoms with van der Waals surface area (Å²) in [5.41, 5.74) is 5.24. The van der Waals surface area contributed by atoms with Crippen LogP contribution in [0.4, 0.5) is 17.5 Å². The number of nitro groups is 1. The molecule has 1 saturated heterocycles. The highest BCUT2D eigenvalue weighted by atomic mass is 16.6. The molecule has 8 heteroatoms. The highest BCUT2D eigenvalue weighted by molar-refractivity contribution is 5.53. The molecule has 1 aromatic heterocycles. The van der Waals surface area contributed by atoms with E-state index in [4.69, 9.17) is 10.8 Å². The number of rotatable bonds is 3. The molecule has 8 nitrogen and oxygen atoms in total. The van der Waals surface area contributed by atoms with Gasteiger partial charge in [0.1, 0.15) is 6.20 Å². The molecule has 2 heterocycles. The summed E-state index contributed by atoms with van der Waals surface area (Å²) in [5, 5.41) is 19.8. The number of nitrogen functional groups attached to an aromatic ring is 1. The van der Waals surface area contributed by atoms with Crippen LogP contribution < -0.4 is 10.6 Å². The maximum atomic E-state index is 10.6. The van der Waals surface area contributed by atoms with Crippen LogP contribution in [0, 0.1) is 16.0 Å². The first kappa shape index (κ1) is 12.5. The van der Waals surface area contributed by atoms with Gasteiger partial charge in [0.15, 0.2) is 0 Å². The minimum atomic E-state index is -0.605. The molecular formula is C10H15N5O3. The van der Waals surface area contributed by atoms with Gasteiger partial charge in [0.05, 0.1) is 4.92 Å². The fourth-order valence-electron chi connectivity index (χ4n) is 2.07. The van der Waals surface area contributed by atoms with Crippen LogP contribution in [-0.4, -0.2) is 39.7 Å². The third-order valence-corrected chi connectivity index (χ3v) is 3.04. The first-order chi connectivity index (χ1) is 8.61. The smallest absolute Gasteiger partial charge is 0.329 e. The molecule has 2 rings (SSSR count). The van der Waals surface area contributed by atoms with E-state index in [1.807, 2.05) is 4.90 Å². The van der Waals surface area contributed by atoms with E-state index >= 15 is 0 Å². The maximum absolute atomic E-state index is 10.6. The van der Waals surface area contributed by atoms with Gasteiger partial charge in [0.2, 0.25) is 11.8 Å². The second-order valence-corrected chi connectivity index (χ2v) is 4.33. The Labute approximate surface area is 104 Å². The predicted octanol–water partition coefficient (Wildman–Crippen LogP) is 0.176. The highest BCUT2D eigenvalue weighted by Crippen LogP contribution is 2.24. The predicted molar refractivity (Wildman–Crippen MR) is 65.1 cm³/mol. The normalized spacial score (nSPS) is 19.8. The monoisotopic (exact) mass is 253 g/mol. The van der Waals surface area contributed by atoms with Crippen molar-refractivity contribution in [1.29, 1.82) is 0 Å². The van der Waals surface area contributed by atoms with E-state index in [9.17, 15) is 10.1 Å². The van der Waals surface area contributed by atoms with Gasteiger partial charge in [0.25, 0.3) is 0 Å². The second kappa shape index (κ2) is 5.13. The maximum Gasteiger partial charge on any atom is 0.329 e. The topological polar surface area (TPSA) is 118 Å².